The fourth-order valence-corrected chi connectivity index (χ4v) is 3.79. The van der Waals surface area contributed by atoms with Crippen LogP contribution in [0.1, 0.15) is 46.5 Å². The minimum absolute atomic E-state index is 0. The molecule has 2 rings (SSSR count). The number of rotatable bonds is 4. The average Bonchev–Trinajstić information content (AvgIpc) is 2.49. The lowest BCUT2D eigenvalue weighted by Crippen LogP contribution is -2.48. The van der Waals surface area contributed by atoms with E-state index < -0.39 is 0 Å². The molecule has 2 aliphatic rings. The number of halogens is 1. The molecule has 1 atom stereocenters. The molecule has 2 aliphatic heterocycles. The van der Waals surface area contributed by atoms with Crippen molar-refractivity contribution in [1.29, 1.82) is 0 Å². The Morgan fingerprint density at radius 2 is 1.87 bits per heavy atom. The molecule has 0 spiro atoms. The highest BCUT2D eigenvalue weighted by Crippen LogP contribution is 2.18. The molecule has 4 nitrogen and oxygen atoms in total. The molecule has 5 heteroatoms. The molecule has 0 aliphatic carbocycles. The van der Waals surface area contributed by atoms with Crippen LogP contribution in [-0.4, -0.2) is 62.1 Å². The van der Waals surface area contributed by atoms with Gasteiger partial charge in [-0.05, 0) is 50.0 Å². The van der Waals surface area contributed by atoms with Crippen LogP contribution in [-0.2, 0) is 0 Å². The second-order valence-corrected chi connectivity index (χ2v) is 7.76. The molecule has 136 valence electrons. The smallest absolute Gasteiger partial charge is 0.193 e. The van der Waals surface area contributed by atoms with Crippen LogP contribution >= 0.6 is 24.0 Å². The topological polar surface area (TPSA) is 30.9 Å². The van der Waals surface area contributed by atoms with Crippen molar-refractivity contribution in [3.63, 3.8) is 0 Å². The Balaban J connectivity index is 0.00000264. The first-order chi connectivity index (χ1) is 10.6. The van der Waals surface area contributed by atoms with Crippen molar-refractivity contribution >= 4 is 29.9 Å². The first-order valence-corrected chi connectivity index (χ1v) is 9.26. The third kappa shape index (κ3) is 7.16. The summed E-state index contributed by atoms with van der Waals surface area (Å²) in [5, 5.41) is 3.65. The normalized spacial score (nSPS) is 24.7. The van der Waals surface area contributed by atoms with E-state index in [0.29, 0.717) is 0 Å². The summed E-state index contributed by atoms with van der Waals surface area (Å²) in [6.45, 7) is 14.2. The number of hydrogen-bond donors (Lipinski definition) is 1. The fraction of sp³-hybridized carbons (Fsp3) is 0.944. The van der Waals surface area contributed by atoms with Crippen molar-refractivity contribution in [3.05, 3.63) is 0 Å². The van der Waals surface area contributed by atoms with Crippen molar-refractivity contribution in [1.82, 2.24) is 15.1 Å². The van der Waals surface area contributed by atoms with Gasteiger partial charge in [-0.1, -0.05) is 20.8 Å². The Kier molecular flexibility index (Phi) is 9.82. The molecule has 0 aromatic heterocycles. The summed E-state index contributed by atoms with van der Waals surface area (Å²) in [4.78, 5) is 9.59. The second kappa shape index (κ2) is 10.7. The Bertz CT molecular complexity index is 351. The summed E-state index contributed by atoms with van der Waals surface area (Å²) in [6, 6.07) is 0. The first-order valence-electron chi connectivity index (χ1n) is 9.26. The molecule has 2 saturated heterocycles. The summed E-state index contributed by atoms with van der Waals surface area (Å²) >= 11 is 0. The highest BCUT2D eigenvalue weighted by atomic mass is 127. The van der Waals surface area contributed by atoms with E-state index in [4.69, 9.17) is 0 Å². The van der Waals surface area contributed by atoms with Crippen molar-refractivity contribution in [2.45, 2.75) is 46.5 Å². The molecule has 2 fully saturated rings. The second-order valence-electron chi connectivity index (χ2n) is 7.76. The van der Waals surface area contributed by atoms with Crippen molar-refractivity contribution in [2.24, 2.45) is 22.7 Å². The fourth-order valence-electron chi connectivity index (χ4n) is 3.79. The number of nitrogens with one attached hydrogen (secondary N) is 1. The third-order valence-corrected chi connectivity index (χ3v) is 5.07. The van der Waals surface area contributed by atoms with Crippen molar-refractivity contribution in [3.8, 4) is 0 Å². The Labute approximate surface area is 160 Å². The first kappa shape index (κ1) is 21.0. The molecule has 1 unspecified atom stereocenters. The van der Waals surface area contributed by atoms with Gasteiger partial charge >= 0.3 is 0 Å². The van der Waals surface area contributed by atoms with Gasteiger partial charge in [0.05, 0.1) is 0 Å². The number of likely N-dealkylation sites (tertiary alicyclic amines) is 2. The monoisotopic (exact) mass is 436 g/mol. The van der Waals surface area contributed by atoms with Gasteiger partial charge in [-0.25, -0.2) is 0 Å². The van der Waals surface area contributed by atoms with Gasteiger partial charge in [0, 0.05) is 39.8 Å². The van der Waals surface area contributed by atoms with Crippen molar-refractivity contribution in [2.75, 3.05) is 46.3 Å². The van der Waals surface area contributed by atoms with E-state index in [2.05, 4.69) is 40.9 Å². The lowest BCUT2D eigenvalue weighted by atomic mass is 9.97. The summed E-state index contributed by atoms with van der Waals surface area (Å²) in [6.07, 6.45) is 5.30. The van der Waals surface area contributed by atoms with Gasteiger partial charge in [0.15, 0.2) is 5.96 Å². The lowest BCUT2D eigenvalue weighted by molar-refractivity contribution is 0.158. The molecule has 0 amide bonds. The zero-order valence-electron chi connectivity index (χ0n) is 15.6. The highest BCUT2D eigenvalue weighted by Gasteiger charge is 2.22. The largest absolute Gasteiger partial charge is 0.356 e. The zero-order chi connectivity index (χ0) is 15.9. The number of nitrogens with zero attached hydrogens (tertiary/aromatic N) is 3. The Morgan fingerprint density at radius 1 is 1.17 bits per heavy atom. The van der Waals surface area contributed by atoms with Gasteiger partial charge < -0.3 is 15.1 Å². The van der Waals surface area contributed by atoms with Crippen LogP contribution in [0.2, 0.25) is 0 Å². The van der Waals surface area contributed by atoms with Crippen LogP contribution in [0.25, 0.3) is 0 Å². The molecule has 2 heterocycles. The predicted octanol–water partition coefficient (Wildman–Crippen LogP) is 3.28. The summed E-state index contributed by atoms with van der Waals surface area (Å²) in [5.41, 5.74) is 0. The van der Waals surface area contributed by atoms with Gasteiger partial charge in [0.25, 0.3) is 0 Å². The molecule has 0 bridgehead atoms. The van der Waals surface area contributed by atoms with Crippen LogP contribution in [0.15, 0.2) is 4.99 Å². The molecular weight excluding hydrogens is 399 g/mol. The highest BCUT2D eigenvalue weighted by molar-refractivity contribution is 14.0. The van der Waals surface area contributed by atoms with E-state index in [1.165, 1.54) is 45.3 Å². The third-order valence-electron chi connectivity index (χ3n) is 5.07. The molecule has 0 aromatic carbocycles. The Hall–Kier alpha value is -0.0400. The van der Waals surface area contributed by atoms with Gasteiger partial charge in [0.1, 0.15) is 0 Å². The SMILES string of the molecule is CN=C(NCC1CCCN(CC(C)C)C1)N1CCC(C)CC1.I. The quantitative estimate of drug-likeness (QED) is 0.417. The summed E-state index contributed by atoms with van der Waals surface area (Å²) in [7, 11) is 1.92. The standard InChI is InChI=1S/C18H36N4.HI/c1-15(2)13-21-9-5-6-17(14-21)12-20-18(19-4)22-10-7-16(3)8-11-22;/h15-17H,5-14H2,1-4H3,(H,19,20);1H. The average molecular weight is 436 g/mol. The number of guanidine groups is 1. The van der Waals surface area contributed by atoms with Gasteiger partial charge in [-0.3, -0.25) is 4.99 Å². The lowest BCUT2D eigenvalue weighted by Gasteiger charge is -2.36. The predicted molar refractivity (Wildman–Crippen MR) is 111 cm³/mol. The van der Waals surface area contributed by atoms with Crippen LogP contribution in [0.3, 0.4) is 0 Å². The maximum absolute atomic E-state index is 4.51. The van der Waals surface area contributed by atoms with E-state index in [9.17, 15) is 0 Å². The van der Waals surface area contributed by atoms with E-state index in [-0.39, 0.29) is 24.0 Å². The number of aliphatic imine (C=N–C) groups is 1. The zero-order valence-corrected chi connectivity index (χ0v) is 17.9. The minimum atomic E-state index is 0. The molecule has 23 heavy (non-hydrogen) atoms. The minimum Gasteiger partial charge on any atom is -0.356 e. The molecular formula is C18H37IN4. The number of piperidine rings is 2. The summed E-state index contributed by atoms with van der Waals surface area (Å²) in [5.74, 6) is 3.54. The van der Waals surface area contributed by atoms with Gasteiger partial charge in [-0.2, -0.15) is 0 Å². The maximum Gasteiger partial charge on any atom is 0.193 e. The van der Waals surface area contributed by atoms with Crippen LogP contribution < -0.4 is 5.32 Å². The maximum atomic E-state index is 4.51. The van der Waals surface area contributed by atoms with E-state index >= 15 is 0 Å². The van der Waals surface area contributed by atoms with Crippen molar-refractivity contribution < 1.29 is 0 Å². The van der Waals surface area contributed by atoms with Crippen LogP contribution in [0.4, 0.5) is 0 Å². The van der Waals surface area contributed by atoms with E-state index in [1.54, 1.807) is 0 Å². The Morgan fingerprint density at radius 3 is 2.48 bits per heavy atom. The molecule has 0 radical (unpaired) electrons. The van der Waals surface area contributed by atoms with E-state index in [1.807, 2.05) is 7.05 Å². The van der Waals surface area contributed by atoms with Crippen LogP contribution in [0, 0.1) is 17.8 Å². The van der Waals surface area contributed by atoms with E-state index in [0.717, 1.165) is 43.3 Å². The van der Waals surface area contributed by atoms with Gasteiger partial charge in [0.2, 0.25) is 0 Å². The molecule has 0 aromatic rings. The molecule has 0 saturated carbocycles. The van der Waals surface area contributed by atoms with Gasteiger partial charge in [-0.15, -0.1) is 24.0 Å². The number of hydrogen-bond acceptors (Lipinski definition) is 2. The summed E-state index contributed by atoms with van der Waals surface area (Å²) < 4.78 is 0. The van der Waals surface area contributed by atoms with Crippen LogP contribution in [0.5, 0.6) is 0 Å². The molecule has 1 N–H and O–H groups in total.